The van der Waals surface area contributed by atoms with Gasteiger partial charge in [-0.05, 0) is 110 Å². The van der Waals surface area contributed by atoms with Crippen LogP contribution >= 0.6 is 0 Å². The maximum atomic E-state index is 9.48. The van der Waals surface area contributed by atoms with E-state index >= 15 is 0 Å². The lowest BCUT2D eigenvalue weighted by atomic mass is 9.83. The van der Waals surface area contributed by atoms with Crippen LogP contribution in [-0.2, 0) is 0 Å². The first-order chi connectivity index (χ1) is 27.1. The summed E-state index contributed by atoms with van der Waals surface area (Å²) in [5, 5.41) is 8.82. The maximum absolute atomic E-state index is 9.48. The summed E-state index contributed by atoms with van der Waals surface area (Å²) in [5.41, 5.74) is 3.80. The Morgan fingerprint density at radius 2 is 0.812 bits per heavy atom. The van der Waals surface area contributed by atoms with E-state index in [9.17, 15) is 5.48 Å². The zero-order chi connectivity index (χ0) is 38.6. The molecule has 0 fully saturated rings. The molecule has 0 spiro atoms. The molecule has 10 rings (SSSR count). The van der Waals surface area contributed by atoms with Crippen molar-refractivity contribution in [2.45, 2.75) is 0 Å². The predicted octanol–water partition coefficient (Wildman–Crippen LogP) is 13.6. The third kappa shape index (κ3) is 4.10. The molecule has 48 heavy (non-hydrogen) atoms. The molecule has 0 atom stereocenters. The third-order valence-electron chi connectivity index (χ3n) is 9.65. The molecule has 0 saturated heterocycles. The highest BCUT2D eigenvalue weighted by Crippen LogP contribution is 2.47. The predicted molar refractivity (Wildman–Crippen MR) is 208 cm³/mol. The van der Waals surface area contributed by atoms with E-state index in [1.54, 1.807) is 0 Å². The van der Waals surface area contributed by atoms with Crippen molar-refractivity contribution in [1.82, 2.24) is 0 Å². The molecule has 0 aliphatic carbocycles. The number of benzene rings is 10. The molecule has 0 amide bonds. The standard InChI is InChI=1S/C48H30/c1-2-13-35-29-36(27-23-31(35)11-1)32-21-25-34(26-22-32)46-41-17-7-9-19-43(41)48(44-20-10-8-18-42(44)46)45-30-37-28-24-33-12-3-4-14-38(33)47(37)40-16-6-5-15-39(40)45/h1-30H/i7D,8D,9D,10D,17D,18D,19D,20D. The van der Waals surface area contributed by atoms with Crippen LogP contribution in [0.4, 0.5) is 0 Å². The molecule has 0 unspecified atom stereocenters. The Kier molecular flexibility index (Phi) is 4.46. The van der Waals surface area contributed by atoms with Gasteiger partial charge in [0.05, 0.1) is 11.0 Å². The van der Waals surface area contributed by atoms with Gasteiger partial charge in [-0.2, -0.15) is 0 Å². The van der Waals surface area contributed by atoms with Gasteiger partial charge in [-0.1, -0.05) is 170 Å². The lowest BCUT2D eigenvalue weighted by Crippen LogP contribution is -1.92. The van der Waals surface area contributed by atoms with Gasteiger partial charge >= 0.3 is 0 Å². The largest absolute Gasteiger partial charge is 0.0629 e. The molecule has 10 aromatic rings. The second-order valence-electron chi connectivity index (χ2n) is 12.2. The topological polar surface area (TPSA) is 0 Å². The van der Waals surface area contributed by atoms with E-state index in [-0.39, 0.29) is 45.7 Å². The average molecular weight is 615 g/mol. The Labute approximate surface area is 290 Å². The van der Waals surface area contributed by atoms with Gasteiger partial charge in [-0.15, -0.1) is 0 Å². The first-order valence-electron chi connectivity index (χ1n) is 20.0. The number of hydrogen-bond acceptors (Lipinski definition) is 0. The fraction of sp³-hybridized carbons (Fsp3) is 0. The van der Waals surface area contributed by atoms with Crippen molar-refractivity contribution in [2.75, 3.05) is 0 Å². The van der Waals surface area contributed by atoms with E-state index in [0.29, 0.717) is 22.3 Å². The van der Waals surface area contributed by atoms with Crippen LogP contribution < -0.4 is 0 Å². The molecule has 0 heteroatoms. The number of rotatable bonds is 3. The molecule has 0 aliphatic heterocycles. The highest BCUT2D eigenvalue weighted by Gasteiger charge is 2.19. The molecule has 10 aromatic carbocycles. The second-order valence-corrected chi connectivity index (χ2v) is 12.2. The number of fused-ring (bicyclic) bond motifs is 8. The monoisotopic (exact) mass is 614 g/mol. The van der Waals surface area contributed by atoms with Crippen molar-refractivity contribution in [3.63, 3.8) is 0 Å². The van der Waals surface area contributed by atoms with Crippen molar-refractivity contribution < 1.29 is 11.0 Å². The van der Waals surface area contributed by atoms with Gasteiger partial charge in [0.1, 0.15) is 0 Å². The van der Waals surface area contributed by atoms with E-state index in [1.807, 2.05) is 84.9 Å². The minimum absolute atomic E-state index is 0.199. The fourth-order valence-corrected chi connectivity index (χ4v) is 7.47. The van der Waals surface area contributed by atoms with Gasteiger partial charge in [0.2, 0.25) is 0 Å². The minimum atomic E-state index is -0.419. The van der Waals surface area contributed by atoms with Crippen molar-refractivity contribution in [2.24, 2.45) is 0 Å². The van der Waals surface area contributed by atoms with Crippen molar-refractivity contribution in [3.05, 3.63) is 182 Å². The van der Waals surface area contributed by atoms with E-state index < -0.39 is 24.2 Å². The highest BCUT2D eigenvalue weighted by molar-refractivity contribution is 6.28. The van der Waals surface area contributed by atoms with Crippen LogP contribution in [0.25, 0.3) is 98.0 Å². The maximum Gasteiger partial charge on any atom is 0.0629 e. The first kappa shape index (κ1) is 20.1. The van der Waals surface area contributed by atoms with Crippen LogP contribution in [0.15, 0.2) is 182 Å². The summed E-state index contributed by atoms with van der Waals surface area (Å²) < 4.78 is 73.3. The molecule has 0 saturated carbocycles. The molecular weight excluding hydrogens is 577 g/mol. The Hall–Kier alpha value is -6.24. The van der Waals surface area contributed by atoms with Gasteiger partial charge in [0.15, 0.2) is 0 Å². The average Bonchev–Trinajstić information content (AvgIpc) is 3.24. The summed E-state index contributed by atoms with van der Waals surface area (Å²) in [6.07, 6.45) is 0. The van der Waals surface area contributed by atoms with Crippen LogP contribution in [0, 0.1) is 0 Å². The summed E-state index contributed by atoms with van der Waals surface area (Å²) in [6, 6.07) is 41.4. The lowest BCUT2D eigenvalue weighted by Gasteiger charge is -2.20. The summed E-state index contributed by atoms with van der Waals surface area (Å²) in [5.74, 6) is 0. The van der Waals surface area contributed by atoms with Crippen LogP contribution in [0.1, 0.15) is 11.0 Å². The third-order valence-corrected chi connectivity index (χ3v) is 9.65. The molecule has 0 nitrogen and oxygen atoms in total. The molecule has 0 N–H and O–H groups in total. The highest BCUT2D eigenvalue weighted by atomic mass is 14.2. The van der Waals surface area contributed by atoms with Crippen LogP contribution in [0.3, 0.4) is 0 Å². The molecule has 0 heterocycles. The summed E-state index contributed by atoms with van der Waals surface area (Å²) in [4.78, 5) is 0. The quantitative estimate of drug-likeness (QED) is 0.137. The Morgan fingerprint density at radius 3 is 1.52 bits per heavy atom. The number of hydrogen-bond donors (Lipinski definition) is 0. The summed E-state index contributed by atoms with van der Waals surface area (Å²) in [6.45, 7) is 0. The van der Waals surface area contributed by atoms with Crippen LogP contribution in [0.5, 0.6) is 0 Å². The zero-order valence-corrected chi connectivity index (χ0v) is 25.7. The second kappa shape index (κ2) is 10.7. The van der Waals surface area contributed by atoms with Gasteiger partial charge in [-0.25, -0.2) is 0 Å². The van der Waals surface area contributed by atoms with Gasteiger partial charge in [0, 0.05) is 0 Å². The summed E-state index contributed by atoms with van der Waals surface area (Å²) in [7, 11) is 0. The van der Waals surface area contributed by atoms with E-state index in [0.717, 1.165) is 54.2 Å². The molecule has 0 aromatic heterocycles. The molecule has 0 bridgehead atoms. The minimum Gasteiger partial charge on any atom is -0.0616 e. The van der Waals surface area contributed by atoms with Crippen LogP contribution in [-0.4, -0.2) is 0 Å². The van der Waals surface area contributed by atoms with Gasteiger partial charge in [0.25, 0.3) is 0 Å². The van der Waals surface area contributed by atoms with E-state index in [2.05, 4.69) is 48.5 Å². The Bertz CT molecular complexity index is 3250. The molecule has 222 valence electrons. The van der Waals surface area contributed by atoms with Crippen molar-refractivity contribution >= 4 is 64.6 Å². The lowest BCUT2D eigenvalue weighted by molar-refractivity contribution is 1.63. The normalized spacial score (nSPS) is 14.1. The van der Waals surface area contributed by atoms with Crippen molar-refractivity contribution in [3.8, 4) is 33.4 Å². The van der Waals surface area contributed by atoms with E-state index in [4.69, 9.17) is 5.48 Å². The Morgan fingerprint density at radius 1 is 0.312 bits per heavy atom. The Balaban J connectivity index is 1.37. The van der Waals surface area contributed by atoms with E-state index in [1.165, 1.54) is 0 Å². The zero-order valence-electron chi connectivity index (χ0n) is 33.7. The SMILES string of the molecule is [2H]c1c([2H])c([2H])c2c(-c3cc4ccc5ccccc5c4c4ccccc34)c3c([2H])c([2H])c([2H])c([2H])c3c(-c3ccc(-c4ccc5ccccc5c4)cc3)c2c1[2H]. The fourth-order valence-electron chi connectivity index (χ4n) is 7.47. The smallest absolute Gasteiger partial charge is 0.0616 e. The summed E-state index contributed by atoms with van der Waals surface area (Å²) >= 11 is 0. The molecule has 0 aliphatic rings. The first-order valence-corrected chi connectivity index (χ1v) is 16.0. The van der Waals surface area contributed by atoms with Crippen LogP contribution in [0.2, 0.25) is 0 Å². The van der Waals surface area contributed by atoms with Gasteiger partial charge in [-0.3, -0.25) is 0 Å². The molecule has 0 radical (unpaired) electrons. The van der Waals surface area contributed by atoms with Crippen molar-refractivity contribution in [1.29, 1.82) is 0 Å². The molecular formula is C48H30. The van der Waals surface area contributed by atoms with Gasteiger partial charge < -0.3 is 0 Å².